The van der Waals surface area contributed by atoms with Crippen LogP contribution in [0.25, 0.3) is 11.5 Å². The Hall–Kier alpha value is -2.74. The maximum absolute atomic E-state index is 13.0. The van der Waals surface area contributed by atoms with Gasteiger partial charge in [0, 0.05) is 30.5 Å². The molecule has 0 aliphatic heterocycles. The Balaban J connectivity index is 1.48. The second-order valence-electron chi connectivity index (χ2n) is 5.99. The van der Waals surface area contributed by atoms with Crippen molar-refractivity contribution in [3.8, 4) is 11.5 Å². The molecule has 1 aromatic carbocycles. The number of aromatic nitrogens is 2. The third-order valence-corrected chi connectivity index (χ3v) is 5.03. The predicted octanol–water partition coefficient (Wildman–Crippen LogP) is 3.46. The molecule has 0 spiro atoms. The Morgan fingerprint density at radius 2 is 1.96 bits per heavy atom. The van der Waals surface area contributed by atoms with Crippen LogP contribution in [-0.2, 0) is 13.0 Å². The molecule has 3 rings (SSSR count). The molecule has 0 saturated carbocycles. The summed E-state index contributed by atoms with van der Waals surface area (Å²) in [7, 11) is 1.74. The van der Waals surface area contributed by atoms with Crippen LogP contribution in [0.3, 0.4) is 0 Å². The zero-order chi connectivity index (χ0) is 19.2. The molecule has 142 valence electrons. The van der Waals surface area contributed by atoms with Gasteiger partial charge < -0.3 is 15.1 Å². The summed E-state index contributed by atoms with van der Waals surface area (Å²) in [5.74, 6) is 0.934. The summed E-state index contributed by atoms with van der Waals surface area (Å²) in [5, 5.41) is 7.62. The van der Waals surface area contributed by atoms with Crippen LogP contribution in [-0.4, -0.2) is 29.5 Å². The lowest BCUT2D eigenvalue weighted by Crippen LogP contribution is -2.37. The van der Waals surface area contributed by atoms with Crippen molar-refractivity contribution in [3.63, 3.8) is 0 Å². The summed E-state index contributed by atoms with van der Waals surface area (Å²) >= 11 is 1.69. The van der Waals surface area contributed by atoms with Gasteiger partial charge in [-0.1, -0.05) is 0 Å². The van der Waals surface area contributed by atoms with E-state index in [4.69, 9.17) is 4.42 Å². The molecule has 27 heavy (non-hydrogen) atoms. The number of halogens is 1. The van der Waals surface area contributed by atoms with Crippen molar-refractivity contribution in [2.45, 2.75) is 26.8 Å². The van der Waals surface area contributed by atoms with Gasteiger partial charge in [0.2, 0.25) is 5.89 Å². The fourth-order valence-corrected chi connectivity index (χ4v) is 3.45. The van der Waals surface area contributed by atoms with Gasteiger partial charge in [0.25, 0.3) is 0 Å². The molecule has 2 aromatic heterocycles. The highest BCUT2D eigenvalue weighted by atomic mass is 32.1. The first-order chi connectivity index (χ1) is 13.0. The lowest BCUT2D eigenvalue weighted by atomic mass is 10.2. The standard InChI is InChI=1S/C19H22FN5OS/c1-12-17(27-13(2)24-12)10-23-19(21-3)22-9-8-16-11-26-18(25-16)14-4-6-15(20)7-5-14/h4-7,11H,8-10H2,1-3H3,(H2,21,22,23). The van der Waals surface area contributed by atoms with Crippen LogP contribution in [0.15, 0.2) is 39.9 Å². The number of nitrogens with one attached hydrogen (secondary N) is 2. The molecule has 0 atom stereocenters. The number of thiazole rings is 1. The van der Waals surface area contributed by atoms with Crippen LogP contribution in [0.1, 0.15) is 21.3 Å². The zero-order valence-electron chi connectivity index (χ0n) is 15.5. The van der Waals surface area contributed by atoms with Crippen molar-refractivity contribution < 1.29 is 8.81 Å². The minimum absolute atomic E-state index is 0.280. The van der Waals surface area contributed by atoms with E-state index in [1.807, 2.05) is 13.8 Å². The van der Waals surface area contributed by atoms with E-state index in [1.165, 1.54) is 17.0 Å². The van der Waals surface area contributed by atoms with Gasteiger partial charge in [0.15, 0.2) is 5.96 Å². The Bertz CT molecular complexity index is 917. The van der Waals surface area contributed by atoms with Gasteiger partial charge in [0.1, 0.15) is 12.1 Å². The molecular formula is C19H22FN5OS. The van der Waals surface area contributed by atoms with Crippen molar-refractivity contribution in [1.29, 1.82) is 0 Å². The number of nitrogens with zero attached hydrogens (tertiary/aromatic N) is 3. The van der Waals surface area contributed by atoms with Crippen LogP contribution in [0, 0.1) is 19.7 Å². The summed E-state index contributed by atoms with van der Waals surface area (Å²) in [6.07, 6.45) is 2.31. The monoisotopic (exact) mass is 387 g/mol. The van der Waals surface area contributed by atoms with Crippen molar-refractivity contribution in [3.05, 3.63) is 57.6 Å². The van der Waals surface area contributed by atoms with Crippen molar-refractivity contribution >= 4 is 17.3 Å². The molecule has 0 aliphatic carbocycles. The molecule has 0 aliphatic rings. The first-order valence-electron chi connectivity index (χ1n) is 8.63. The first kappa shape index (κ1) is 19.0. The van der Waals surface area contributed by atoms with Crippen LogP contribution < -0.4 is 10.6 Å². The molecule has 0 amide bonds. The summed E-state index contributed by atoms with van der Waals surface area (Å²) in [5.41, 5.74) is 2.63. The molecule has 2 N–H and O–H groups in total. The number of hydrogen-bond donors (Lipinski definition) is 2. The maximum atomic E-state index is 13.0. The second-order valence-corrected chi connectivity index (χ2v) is 7.28. The lowest BCUT2D eigenvalue weighted by molar-refractivity contribution is 0.571. The van der Waals surface area contributed by atoms with Crippen molar-refractivity contribution in [1.82, 2.24) is 20.6 Å². The van der Waals surface area contributed by atoms with Crippen LogP contribution in [0.4, 0.5) is 4.39 Å². The average molecular weight is 387 g/mol. The van der Waals surface area contributed by atoms with Gasteiger partial charge in [-0.2, -0.15) is 0 Å². The number of guanidine groups is 1. The van der Waals surface area contributed by atoms with E-state index < -0.39 is 0 Å². The minimum Gasteiger partial charge on any atom is -0.444 e. The van der Waals surface area contributed by atoms with Crippen molar-refractivity contribution in [2.75, 3.05) is 13.6 Å². The van der Waals surface area contributed by atoms with Gasteiger partial charge >= 0.3 is 0 Å². The molecule has 0 bridgehead atoms. The number of aliphatic imine (C=N–C) groups is 1. The molecule has 2 heterocycles. The SMILES string of the molecule is CN=C(NCCc1coc(-c2ccc(F)cc2)n1)NCc1sc(C)nc1C. The number of aryl methyl sites for hydroxylation is 2. The van der Waals surface area contributed by atoms with E-state index in [-0.39, 0.29) is 5.82 Å². The largest absolute Gasteiger partial charge is 0.444 e. The van der Waals surface area contributed by atoms with E-state index in [1.54, 1.807) is 36.8 Å². The van der Waals surface area contributed by atoms with Gasteiger partial charge in [-0.15, -0.1) is 11.3 Å². The summed E-state index contributed by atoms with van der Waals surface area (Å²) < 4.78 is 18.5. The molecule has 0 fully saturated rings. The van der Waals surface area contributed by atoms with E-state index >= 15 is 0 Å². The van der Waals surface area contributed by atoms with E-state index in [9.17, 15) is 4.39 Å². The number of hydrogen-bond acceptors (Lipinski definition) is 5. The Morgan fingerprint density at radius 1 is 1.19 bits per heavy atom. The number of oxazole rings is 1. The van der Waals surface area contributed by atoms with Crippen LogP contribution in [0.5, 0.6) is 0 Å². The smallest absolute Gasteiger partial charge is 0.226 e. The third kappa shape index (κ3) is 5.13. The average Bonchev–Trinajstić information content (AvgIpc) is 3.24. The zero-order valence-corrected chi connectivity index (χ0v) is 16.4. The minimum atomic E-state index is -0.280. The lowest BCUT2D eigenvalue weighted by Gasteiger charge is -2.10. The Labute approximate surface area is 161 Å². The topological polar surface area (TPSA) is 75.3 Å². The normalized spacial score (nSPS) is 11.6. The fourth-order valence-electron chi connectivity index (χ4n) is 2.58. The van der Waals surface area contributed by atoms with Gasteiger partial charge in [-0.3, -0.25) is 4.99 Å². The maximum Gasteiger partial charge on any atom is 0.226 e. The van der Waals surface area contributed by atoms with E-state index in [0.717, 1.165) is 27.9 Å². The van der Waals surface area contributed by atoms with Crippen molar-refractivity contribution in [2.24, 2.45) is 4.99 Å². The van der Waals surface area contributed by atoms with Gasteiger partial charge in [0.05, 0.1) is 22.9 Å². The van der Waals surface area contributed by atoms with E-state index in [2.05, 4.69) is 25.6 Å². The second kappa shape index (κ2) is 8.77. The highest BCUT2D eigenvalue weighted by Crippen LogP contribution is 2.19. The quantitative estimate of drug-likeness (QED) is 0.500. The predicted molar refractivity (Wildman–Crippen MR) is 105 cm³/mol. The summed E-state index contributed by atoms with van der Waals surface area (Å²) in [6.45, 7) is 5.37. The Morgan fingerprint density at radius 3 is 2.63 bits per heavy atom. The van der Waals surface area contributed by atoms with Gasteiger partial charge in [-0.25, -0.2) is 14.4 Å². The van der Waals surface area contributed by atoms with Crippen LogP contribution in [0.2, 0.25) is 0 Å². The number of rotatable bonds is 6. The molecule has 3 aromatic rings. The van der Waals surface area contributed by atoms with Crippen LogP contribution >= 0.6 is 11.3 Å². The molecule has 0 radical (unpaired) electrons. The fraction of sp³-hybridized carbons (Fsp3) is 0.316. The molecule has 0 saturated heterocycles. The molecule has 6 nitrogen and oxygen atoms in total. The Kier molecular flexibility index (Phi) is 6.18. The molecule has 0 unspecified atom stereocenters. The third-order valence-electron chi connectivity index (χ3n) is 3.96. The highest BCUT2D eigenvalue weighted by Gasteiger charge is 2.08. The van der Waals surface area contributed by atoms with E-state index in [0.29, 0.717) is 25.4 Å². The molecular weight excluding hydrogens is 365 g/mol. The first-order valence-corrected chi connectivity index (χ1v) is 9.44. The van der Waals surface area contributed by atoms with Gasteiger partial charge in [-0.05, 0) is 38.1 Å². The summed E-state index contributed by atoms with van der Waals surface area (Å²) in [6, 6.07) is 6.09. The molecule has 8 heteroatoms. The highest BCUT2D eigenvalue weighted by molar-refractivity contribution is 7.11. The number of benzene rings is 1. The summed E-state index contributed by atoms with van der Waals surface area (Å²) in [4.78, 5) is 14.3.